The minimum Gasteiger partial charge on any atom is -0.439 e. The third-order valence-corrected chi connectivity index (χ3v) is 4.39. The first-order valence-corrected chi connectivity index (χ1v) is 8.85. The van der Waals surface area contributed by atoms with Gasteiger partial charge in [-0.3, -0.25) is 9.89 Å². The van der Waals surface area contributed by atoms with E-state index in [-0.39, 0.29) is 6.04 Å². The number of carbonyl (C=O) groups excluding carboxylic acids is 1. The van der Waals surface area contributed by atoms with E-state index in [1.165, 1.54) is 11.8 Å². The van der Waals surface area contributed by atoms with Crippen molar-refractivity contribution in [3.63, 3.8) is 0 Å². The summed E-state index contributed by atoms with van der Waals surface area (Å²) in [5.74, 6) is 0.555. The zero-order valence-electron chi connectivity index (χ0n) is 14.8. The first kappa shape index (κ1) is 18.9. The number of carbonyl (C=O) groups is 1. The molecule has 0 fully saturated rings. The van der Waals surface area contributed by atoms with Gasteiger partial charge in [0.1, 0.15) is 5.75 Å². The third kappa shape index (κ3) is 5.06. The molecule has 1 amide bonds. The molecule has 0 saturated carbocycles. The van der Waals surface area contributed by atoms with E-state index >= 15 is 0 Å². The van der Waals surface area contributed by atoms with Gasteiger partial charge in [-0.25, -0.2) is 4.98 Å². The molecule has 0 bridgehead atoms. The monoisotopic (exact) mass is 385 g/mol. The van der Waals surface area contributed by atoms with Crippen LogP contribution in [0.2, 0.25) is 5.02 Å². The summed E-state index contributed by atoms with van der Waals surface area (Å²) in [4.78, 5) is 15.1. The molecule has 0 aliphatic heterocycles. The number of H-pyrrole nitrogens is 1. The number of hydrogen-bond donors (Lipinski definition) is 3. The molecular formula is C19H20ClN5O2. The summed E-state index contributed by atoms with van der Waals surface area (Å²) in [6.07, 6.45) is 3.86. The molecule has 0 aliphatic carbocycles. The van der Waals surface area contributed by atoms with E-state index in [0.717, 1.165) is 18.7 Å². The Bertz CT molecular complexity index is 893. The molecule has 0 aliphatic rings. The SMILES string of the molecule is CC(NCCc1ccc(Oc2ccc(C(N)=O)cn2)cc1)c1[nH]ncc1Cl. The first-order valence-electron chi connectivity index (χ1n) is 8.47. The zero-order valence-corrected chi connectivity index (χ0v) is 15.5. The van der Waals surface area contributed by atoms with Crippen molar-refractivity contribution < 1.29 is 9.53 Å². The summed E-state index contributed by atoms with van der Waals surface area (Å²) in [7, 11) is 0. The Balaban J connectivity index is 1.50. The second-order valence-electron chi connectivity index (χ2n) is 6.05. The van der Waals surface area contributed by atoms with Crippen molar-refractivity contribution in [3.05, 3.63) is 70.6 Å². The molecule has 1 atom stereocenters. The molecule has 140 valence electrons. The second-order valence-corrected chi connectivity index (χ2v) is 6.46. The highest BCUT2D eigenvalue weighted by Gasteiger charge is 2.10. The lowest BCUT2D eigenvalue weighted by Crippen LogP contribution is -2.21. The largest absolute Gasteiger partial charge is 0.439 e. The average Bonchev–Trinajstić information content (AvgIpc) is 3.09. The third-order valence-electron chi connectivity index (χ3n) is 4.08. The number of nitrogens with two attached hydrogens (primary N) is 1. The van der Waals surface area contributed by atoms with Gasteiger partial charge in [-0.15, -0.1) is 0 Å². The van der Waals surface area contributed by atoms with Gasteiger partial charge in [0.2, 0.25) is 11.8 Å². The van der Waals surface area contributed by atoms with Gasteiger partial charge in [0.25, 0.3) is 0 Å². The molecule has 1 aromatic carbocycles. The minimum atomic E-state index is -0.517. The summed E-state index contributed by atoms with van der Waals surface area (Å²) >= 11 is 6.06. The van der Waals surface area contributed by atoms with Crippen molar-refractivity contribution >= 4 is 17.5 Å². The van der Waals surface area contributed by atoms with Crippen molar-refractivity contribution in [1.82, 2.24) is 20.5 Å². The number of ether oxygens (including phenoxy) is 1. The van der Waals surface area contributed by atoms with Gasteiger partial charge >= 0.3 is 0 Å². The maximum absolute atomic E-state index is 11.0. The Morgan fingerprint density at radius 2 is 2.04 bits per heavy atom. The first-order chi connectivity index (χ1) is 13.0. The van der Waals surface area contributed by atoms with Gasteiger partial charge < -0.3 is 15.8 Å². The van der Waals surface area contributed by atoms with Crippen LogP contribution in [0.15, 0.2) is 48.8 Å². The molecule has 3 rings (SSSR count). The fourth-order valence-corrected chi connectivity index (χ4v) is 2.81. The standard InChI is InChI=1S/C19H20ClN5O2/c1-12(18-16(20)11-24-25-18)22-9-8-13-2-5-15(6-3-13)27-17-7-4-14(10-23-17)19(21)26/h2-7,10-12,22H,8-9H2,1H3,(H2,21,26)(H,24,25). The predicted octanol–water partition coefficient (Wildman–Crippen LogP) is 3.24. The number of primary amides is 1. The lowest BCUT2D eigenvalue weighted by Gasteiger charge is -2.12. The highest BCUT2D eigenvalue weighted by molar-refractivity contribution is 6.31. The number of pyridine rings is 1. The molecule has 2 heterocycles. The quantitative estimate of drug-likeness (QED) is 0.552. The molecule has 8 heteroatoms. The average molecular weight is 386 g/mol. The number of benzene rings is 1. The summed E-state index contributed by atoms with van der Waals surface area (Å²) in [6.45, 7) is 2.83. The fourth-order valence-electron chi connectivity index (χ4n) is 2.55. The number of rotatable bonds is 8. The van der Waals surface area contributed by atoms with Gasteiger partial charge in [0.05, 0.1) is 22.5 Å². The van der Waals surface area contributed by atoms with Crippen molar-refractivity contribution in [2.45, 2.75) is 19.4 Å². The number of nitrogens with one attached hydrogen (secondary N) is 2. The molecular weight excluding hydrogens is 366 g/mol. The van der Waals surface area contributed by atoms with E-state index < -0.39 is 5.91 Å². The van der Waals surface area contributed by atoms with Crippen molar-refractivity contribution in [3.8, 4) is 11.6 Å². The molecule has 1 unspecified atom stereocenters. The Morgan fingerprint density at radius 1 is 1.26 bits per heavy atom. The number of aromatic nitrogens is 3. The lowest BCUT2D eigenvalue weighted by molar-refractivity contribution is 0.1000. The van der Waals surface area contributed by atoms with Crippen LogP contribution in [0.1, 0.15) is 34.6 Å². The minimum absolute atomic E-state index is 0.0945. The summed E-state index contributed by atoms with van der Waals surface area (Å²) in [5.41, 5.74) is 7.59. The Morgan fingerprint density at radius 3 is 2.63 bits per heavy atom. The van der Waals surface area contributed by atoms with Gasteiger partial charge in [0, 0.05) is 18.3 Å². The molecule has 0 saturated heterocycles. The van der Waals surface area contributed by atoms with Crippen LogP contribution in [-0.4, -0.2) is 27.6 Å². The van der Waals surface area contributed by atoms with Gasteiger partial charge in [0.15, 0.2) is 0 Å². The van der Waals surface area contributed by atoms with Crippen LogP contribution in [-0.2, 0) is 6.42 Å². The van der Waals surface area contributed by atoms with Gasteiger partial charge in [-0.1, -0.05) is 23.7 Å². The second kappa shape index (κ2) is 8.66. The van der Waals surface area contributed by atoms with E-state index in [1.54, 1.807) is 18.3 Å². The fraction of sp³-hybridized carbons (Fsp3) is 0.211. The number of hydrogen-bond acceptors (Lipinski definition) is 5. The number of aromatic amines is 1. The number of nitrogens with zero attached hydrogens (tertiary/aromatic N) is 2. The Kier molecular flexibility index (Phi) is 6.05. The van der Waals surface area contributed by atoms with Crippen LogP contribution in [0.4, 0.5) is 0 Å². The molecule has 0 spiro atoms. The van der Waals surface area contributed by atoms with Crippen LogP contribution in [0.25, 0.3) is 0 Å². The highest BCUT2D eigenvalue weighted by Crippen LogP contribution is 2.21. The summed E-state index contributed by atoms with van der Waals surface area (Å²) in [6, 6.07) is 11.1. The predicted molar refractivity (Wildman–Crippen MR) is 103 cm³/mol. The lowest BCUT2D eigenvalue weighted by atomic mass is 10.1. The smallest absolute Gasteiger partial charge is 0.250 e. The molecule has 27 heavy (non-hydrogen) atoms. The maximum Gasteiger partial charge on any atom is 0.250 e. The van der Waals surface area contributed by atoms with Crippen molar-refractivity contribution in [2.75, 3.05) is 6.54 Å². The van der Waals surface area contributed by atoms with Crippen LogP contribution >= 0.6 is 11.6 Å². The van der Waals surface area contributed by atoms with Crippen LogP contribution in [0, 0.1) is 0 Å². The molecule has 4 N–H and O–H groups in total. The molecule has 7 nitrogen and oxygen atoms in total. The molecule has 2 aromatic heterocycles. The highest BCUT2D eigenvalue weighted by atomic mass is 35.5. The number of amides is 1. The van der Waals surface area contributed by atoms with Crippen LogP contribution in [0.3, 0.4) is 0 Å². The zero-order chi connectivity index (χ0) is 19.2. The summed E-state index contributed by atoms with van der Waals surface area (Å²) in [5, 5.41) is 10.9. The van der Waals surface area contributed by atoms with Crippen LogP contribution in [0.5, 0.6) is 11.6 Å². The summed E-state index contributed by atoms with van der Waals surface area (Å²) < 4.78 is 5.67. The van der Waals surface area contributed by atoms with E-state index in [9.17, 15) is 4.79 Å². The van der Waals surface area contributed by atoms with Crippen molar-refractivity contribution in [2.24, 2.45) is 5.73 Å². The Labute approximate surface area is 161 Å². The molecule has 3 aromatic rings. The number of halogens is 1. The maximum atomic E-state index is 11.0. The topological polar surface area (TPSA) is 106 Å². The van der Waals surface area contributed by atoms with Crippen molar-refractivity contribution in [1.29, 1.82) is 0 Å². The van der Waals surface area contributed by atoms with Gasteiger partial charge in [-0.2, -0.15) is 5.10 Å². The van der Waals surface area contributed by atoms with E-state index in [0.29, 0.717) is 22.2 Å². The van der Waals surface area contributed by atoms with E-state index in [4.69, 9.17) is 22.1 Å². The normalized spacial score (nSPS) is 11.9. The van der Waals surface area contributed by atoms with E-state index in [2.05, 4.69) is 20.5 Å². The van der Waals surface area contributed by atoms with Crippen LogP contribution < -0.4 is 15.8 Å². The molecule has 0 radical (unpaired) electrons. The van der Waals surface area contributed by atoms with Gasteiger partial charge in [-0.05, 0) is 43.7 Å². The van der Waals surface area contributed by atoms with E-state index in [1.807, 2.05) is 31.2 Å². The Hall–Kier alpha value is -2.90.